The predicted octanol–water partition coefficient (Wildman–Crippen LogP) is 3.56. The Morgan fingerprint density at radius 1 is 1.13 bits per heavy atom. The Morgan fingerprint density at radius 3 is 2.30 bits per heavy atom. The molecule has 0 aliphatic carbocycles. The summed E-state index contributed by atoms with van der Waals surface area (Å²) < 4.78 is 38.3. The molecule has 0 saturated heterocycles. The van der Waals surface area contributed by atoms with Gasteiger partial charge in [-0.2, -0.15) is 0 Å². The first-order valence-corrected chi connectivity index (χ1v) is 9.56. The summed E-state index contributed by atoms with van der Waals surface area (Å²) in [5.41, 5.74) is 0.832. The van der Waals surface area contributed by atoms with Crippen molar-refractivity contribution in [2.75, 3.05) is 11.0 Å². The number of Topliss-reactive ketones (excluding diaryl/α,β-unsaturated/α-hetero) is 1. The lowest BCUT2D eigenvalue weighted by atomic mass is 10.1. The van der Waals surface area contributed by atoms with Crippen LogP contribution in [0.2, 0.25) is 0 Å². The van der Waals surface area contributed by atoms with Gasteiger partial charge in [-0.1, -0.05) is 12.1 Å². The largest absolute Gasteiger partial charge is 0.293 e. The third kappa shape index (κ3) is 5.07. The zero-order valence-corrected chi connectivity index (χ0v) is 14.2. The van der Waals surface area contributed by atoms with Gasteiger partial charge in [0.05, 0.1) is 11.5 Å². The summed E-state index contributed by atoms with van der Waals surface area (Å²) in [6.45, 7) is 1.71. The van der Waals surface area contributed by atoms with Crippen molar-refractivity contribution in [3.05, 3.63) is 59.9 Å². The van der Waals surface area contributed by atoms with Crippen molar-refractivity contribution in [2.24, 2.45) is 0 Å². The van der Waals surface area contributed by atoms with E-state index in [0.717, 1.165) is 18.0 Å². The third-order valence-electron chi connectivity index (χ3n) is 2.98. The minimum atomic E-state index is -3.35. The van der Waals surface area contributed by atoms with Gasteiger partial charge in [-0.05, 0) is 43.3 Å². The van der Waals surface area contributed by atoms with Crippen LogP contribution in [0.3, 0.4) is 0 Å². The number of hydrogen-bond acceptors (Lipinski definition) is 4. The van der Waals surface area contributed by atoms with E-state index in [9.17, 15) is 17.6 Å². The van der Waals surface area contributed by atoms with E-state index in [1.807, 2.05) is 0 Å². The van der Waals surface area contributed by atoms with Crippen molar-refractivity contribution in [3.8, 4) is 0 Å². The highest BCUT2D eigenvalue weighted by atomic mass is 32.2. The Bertz CT molecular complexity index is 804. The molecule has 122 valence electrons. The number of ketones is 1. The topological polar surface area (TPSA) is 63.2 Å². The summed E-state index contributed by atoms with van der Waals surface area (Å²) in [6, 6.07) is 12.4. The highest BCUT2D eigenvalue weighted by Gasteiger charge is 2.18. The van der Waals surface area contributed by atoms with E-state index in [4.69, 9.17) is 0 Å². The second kappa shape index (κ2) is 7.14. The van der Waals surface area contributed by atoms with Gasteiger partial charge >= 0.3 is 0 Å². The maximum atomic E-state index is 13.6. The maximum absolute atomic E-state index is 13.6. The first-order valence-electron chi connectivity index (χ1n) is 6.79. The number of halogens is 1. The molecule has 0 unspecified atom stereocenters. The van der Waals surface area contributed by atoms with Crippen LogP contribution in [0.1, 0.15) is 17.3 Å². The fourth-order valence-corrected chi connectivity index (χ4v) is 3.46. The molecule has 0 heterocycles. The van der Waals surface area contributed by atoms with Crippen LogP contribution in [-0.2, 0) is 10.0 Å². The number of rotatable bonds is 6. The molecule has 1 atom stereocenters. The van der Waals surface area contributed by atoms with E-state index >= 15 is 0 Å². The molecule has 0 amide bonds. The van der Waals surface area contributed by atoms with Crippen LogP contribution in [0.4, 0.5) is 10.1 Å². The Hall–Kier alpha value is -1.86. The van der Waals surface area contributed by atoms with E-state index < -0.39 is 15.3 Å². The number of carbonyl (C=O) groups excluding carboxylic acids is 1. The van der Waals surface area contributed by atoms with Crippen LogP contribution in [0.25, 0.3) is 0 Å². The van der Waals surface area contributed by atoms with Crippen molar-refractivity contribution < 1.29 is 17.6 Å². The van der Waals surface area contributed by atoms with Crippen LogP contribution in [0.5, 0.6) is 0 Å². The summed E-state index contributed by atoms with van der Waals surface area (Å²) in [7, 11) is -3.35. The van der Waals surface area contributed by atoms with E-state index in [0.29, 0.717) is 16.1 Å². The highest BCUT2D eigenvalue weighted by Crippen LogP contribution is 2.28. The van der Waals surface area contributed by atoms with Crippen molar-refractivity contribution in [3.63, 3.8) is 0 Å². The van der Waals surface area contributed by atoms with E-state index in [-0.39, 0.29) is 11.6 Å². The summed E-state index contributed by atoms with van der Waals surface area (Å²) in [5, 5.41) is -0.458. The first kappa shape index (κ1) is 17.5. The molecule has 4 nitrogen and oxygen atoms in total. The van der Waals surface area contributed by atoms with Gasteiger partial charge in [-0.15, -0.1) is 11.8 Å². The van der Waals surface area contributed by atoms with Crippen LogP contribution >= 0.6 is 11.8 Å². The molecule has 0 radical (unpaired) electrons. The first-order chi connectivity index (χ1) is 10.8. The summed E-state index contributed by atoms with van der Waals surface area (Å²) >= 11 is 1.15. The average Bonchev–Trinajstić information content (AvgIpc) is 2.48. The van der Waals surface area contributed by atoms with Crippen LogP contribution < -0.4 is 4.72 Å². The van der Waals surface area contributed by atoms with Crippen molar-refractivity contribution >= 4 is 33.3 Å². The fraction of sp³-hybridized carbons (Fsp3) is 0.188. The van der Waals surface area contributed by atoms with E-state index in [1.165, 1.54) is 18.2 Å². The molecule has 1 N–H and O–H groups in total. The Morgan fingerprint density at radius 2 is 1.74 bits per heavy atom. The van der Waals surface area contributed by atoms with Crippen LogP contribution in [-0.4, -0.2) is 25.7 Å². The molecule has 0 aliphatic heterocycles. The molecule has 0 spiro atoms. The highest BCUT2D eigenvalue weighted by molar-refractivity contribution is 8.00. The summed E-state index contributed by atoms with van der Waals surface area (Å²) in [4.78, 5) is 12.8. The summed E-state index contributed by atoms with van der Waals surface area (Å²) in [6.07, 6.45) is 1.05. The summed E-state index contributed by atoms with van der Waals surface area (Å²) in [5.74, 6) is -0.506. The fourth-order valence-electron chi connectivity index (χ4n) is 1.94. The quantitative estimate of drug-likeness (QED) is 0.637. The van der Waals surface area contributed by atoms with Gasteiger partial charge in [0.15, 0.2) is 5.78 Å². The molecule has 7 heteroatoms. The number of hydrogen-bond donors (Lipinski definition) is 1. The SMILES string of the molecule is C[C@@H](Sc1ccccc1F)C(=O)c1ccc(NS(C)(=O)=O)cc1. The maximum Gasteiger partial charge on any atom is 0.229 e. The minimum Gasteiger partial charge on any atom is -0.293 e. The molecule has 2 aromatic rings. The second-order valence-corrected chi connectivity index (χ2v) is 8.14. The Kier molecular flexibility index (Phi) is 5.43. The van der Waals surface area contributed by atoms with Gasteiger partial charge in [0.1, 0.15) is 5.82 Å². The Labute approximate surface area is 139 Å². The van der Waals surface area contributed by atoms with Gasteiger partial charge < -0.3 is 0 Å². The standard InChI is InChI=1S/C16H16FNO3S2/c1-11(22-15-6-4-3-5-14(15)17)16(19)12-7-9-13(10-8-12)18-23(2,20)21/h3-11,18H,1-2H3/t11-/m1/s1. The molecule has 2 rings (SSSR count). The Balaban J connectivity index is 2.09. The lowest BCUT2D eigenvalue weighted by Gasteiger charge is -2.11. The molecule has 0 aromatic heterocycles. The third-order valence-corrected chi connectivity index (χ3v) is 4.74. The average molecular weight is 353 g/mol. The lowest BCUT2D eigenvalue weighted by Crippen LogP contribution is -2.14. The molecule has 0 fully saturated rings. The van der Waals surface area contributed by atoms with Crippen molar-refractivity contribution in [1.82, 2.24) is 0 Å². The monoisotopic (exact) mass is 353 g/mol. The van der Waals surface area contributed by atoms with Crippen molar-refractivity contribution in [1.29, 1.82) is 0 Å². The zero-order chi connectivity index (χ0) is 17.0. The molecular weight excluding hydrogens is 337 g/mol. The number of carbonyl (C=O) groups is 1. The molecule has 2 aromatic carbocycles. The normalized spacial score (nSPS) is 12.7. The zero-order valence-electron chi connectivity index (χ0n) is 12.6. The predicted molar refractivity (Wildman–Crippen MR) is 91.0 cm³/mol. The van der Waals surface area contributed by atoms with Gasteiger partial charge in [-0.25, -0.2) is 12.8 Å². The molecule has 0 saturated carbocycles. The molecule has 23 heavy (non-hydrogen) atoms. The minimum absolute atomic E-state index is 0.149. The number of thioether (sulfide) groups is 1. The number of sulfonamides is 1. The second-order valence-electron chi connectivity index (χ2n) is 5.01. The van der Waals surface area contributed by atoms with Gasteiger partial charge in [0.2, 0.25) is 10.0 Å². The number of benzene rings is 2. The van der Waals surface area contributed by atoms with Gasteiger partial charge in [0.25, 0.3) is 0 Å². The number of anilines is 1. The van der Waals surface area contributed by atoms with Crippen molar-refractivity contribution in [2.45, 2.75) is 17.1 Å². The molecule has 0 aliphatic rings. The molecular formula is C16H16FNO3S2. The lowest BCUT2D eigenvalue weighted by molar-refractivity contribution is 0.0994. The van der Waals surface area contributed by atoms with E-state index in [2.05, 4.69) is 4.72 Å². The van der Waals surface area contributed by atoms with Gasteiger partial charge in [-0.3, -0.25) is 9.52 Å². The number of nitrogens with one attached hydrogen (secondary N) is 1. The molecule has 0 bridgehead atoms. The van der Waals surface area contributed by atoms with Crippen LogP contribution in [0.15, 0.2) is 53.4 Å². The van der Waals surface area contributed by atoms with Gasteiger partial charge in [0, 0.05) is 16.1 Å². The van der Waals surface area contributed by atoms with Crippen LogP contribution in [0, 0.1) is 5.82 Å². The smallest absolute Gasteiger partial charge is 0.229 e. The van der Waals surface area contributed by atoms with E-state index in [1.54, 1.807) is 37.3 Å².